The monoisotopic (exact) mass is 602 g/mol. The van der Waals surface area contributed by atoms with Gasteiger partial charge in [0, 0.05) is 22.1 Å². The number of nitrogens with one attached hydrogen (secondary N) is 1. The summed E-state index contributed by atoms with van der Waals surface area (Å²) in [7, 11) is 0. The van der Waals surface area contributed by atoms with Gasteiger partial charge >= 0.3 is 0 Å². The molecule has 0 aliphatic heterocycles. The maximum absolute atomic E-state index is 10.9. The molecule has 0 saturated heterocycles. The van der Waals surface area contributed by atoms with Gasteiger partial charge in [0.2, 0.25) is 0 Å². The highest BCUT2D eigenvalue weighted by atomic mass is 79.9. The van der Waals surface area contributed by atoms with Gasteiger partial charge in [-0.1, -0.05) is 88.7 Å². The molecule has 0 heterocycles. The predicted molar refractivity (Wildman–Crippen MR) is 165 cm³/mol. The maximum atomic E-state index is 10.9. The molecule has 5 N–H and O–H groups in total. The molecule has 3 aromatic carbocycles. The summed E-state index contributed by atoms with van der Waals surface area (Å²) in [5.74, 6) is 0. The molecule has 6 aliphatic rings. The van der Waals surface area contributed by atoms with Gasteiger partial charge in [0.15, 0.2) is 0 Å². The molecular weight excluding hydrogens is 560 g/mol. The van der Waals surface area contributed by atoms with Crippen molar-refractivity contribution in [1.82, 2.24) is 5.32 Å². The van der Waals surface area contributed by atoms with Gasteiger partial charge < -0.3 is 21.3 Å². The van der Waals surface area contributed by atoms with E-state index >= 15 is 0 Å². The smallest absolute Gasteiger partial charge is 0.0730 e. The Morgan fingerprint density at radius 3 is 1.70 bits per heavy atom. The van der Waals surface area contributed by atoms with E-state index in [1.54, 1.807) is 0 Å². The van der Waals surface area contributed by atoms with Gasteiger partial charge in [-0.2, -0.15) is 0 Å². The van der Waals surface area contributed by atoms with Gasteiger partial charge in [0.05, 0.1) is 12.2 Å². The molecule has 0 spiro atoms. The lowest BCUT2D eigenvalue weighted by molar-refractivity contribution is -0.0551. The number of rotatable bonds is 5. The van der Waals surface area contributed by atoms with E-state index in [4.69, 9.17) is 5.73 Å². The third kappa shape index (κ3) is 5.20. The van der Waals surface area contributed by atoms with Gasteiger partial charge in [-0.15, -0.1) is 0 Å². The van der Waals surface area contributed by atoms with Crippen LogP contribution in [0.1, 0.15) is 80.9 Å². The van der Waals surface area contributed by atoms with Crippen LogP contribution in [-0.2, 0) is 17.4 Å². The molecule has 0 amide bonds. The molecule has 212 valence electrons. The first-order valence-electron chi connectivity index (χ1n) is 15.0. The van der Waals surface area contributed by atoms with E-state index in [-0.39, 0.29) is 34.1 Å². The van der Waals surface area contributed by atoms with Gasteiger partial charge in [0.1, 0.15) is 0 Å². The van der Waals surface area contributed by atoms with Gasteiger partial charge in [0.25, 0.3) is 0 Å². The molecular formula is C35H43BrN2O2. The number of benzene rings is 3. The van der Waals surface area contributed by atoms with Crippen LogP contribution in [-0.4, -0.2) is 33.5 Å². The van der Waals surface area contributed by atoms with Crippen molar-refractivity contribution in [2.24, 2.45) is 5.73 Å². The predicted octanol–water partition coefficient (Wildman–Crippen LogP) is 6.51. The molecule has 9 rings (SSSR count). The van der Waals surface area contributed by atoms with Crippen LogP contribution in [0.15, 0.2) is 89.4 Å². The van der Waals surface area contributed by atoms with E-state index < -0.39 is 0 Å². The zero-order valence-electron chi connectivity index (χ0n) is 23.4. The van der Waals surface area contributed by atoms with E-state index in [9.17, 15) is 10.2 Å². The first-order valence-corrected chi connectivity index (χ1v) is 15.8. The molecule has 2 unspecified atom stereocenters. The van der Waals surface area contributed by atoms with E-state index in [1.165, 1.54) is 16.7 Å². The van der Waals surface area contributed by atoms with Crippen LogP contribution in [0.2, 0.25) is 0 Å². The Morgan fingerprint density at radius 1 is 0.650 bits per heavy atom. The fourth-order valence-electron chi connectivity index (χ4n) is 8.16. The molecule has 6 fully saturated rings. The number of fused-ring (bicyclic) bond motifs is 6. The Balaban J connectivity index is 0.000000157. The highest BCUT2D eigenvalue weighted by Gasteiger charge is 2.54. The summed E-state index contributed by atoms with van der Waals surface area (Å²) in [6.07, 6.45) is 9.72. The fourth-order valence-corrected chi connectivity index (χ4v) is 8.42. The largest absolute Gasteiger partial charge is 0.391 e. The first kappa shape index (κ1) is 28.1. The average Bonchev–Trinajstić information content (AvgIpc) is 2.99. The topological polar surface area (TPSA) is 78.5 Å². The Bertz CT molecular complexity index is 1260. The quantitative estimate of drug-likeness (QED) is 0.268. The van der Waals surface area contributed by atoms with Gasteiger partial charge in [-0.05, 0) is 104 Å². The number of aliphatic hydroxyl groups excluding tert-OH is 2. The third-order valence-corrected chi connectivity index (χ3v) is 11.6. The highest BCUT2D eigenvalue weighted by molar-refractivity contribution is 9.10. The Labute approximate surface area is 247 Å². The first-order chi connectivity index (χ1) is 19.3. The Morgan fingerprint density at radius 2 is 1.15 bits per heavy atom. The number of aliphatic hydroxyl groups is 2. The van der Waals surface area contributed by atoms with Crippen molar-refractivity contribution in [2.75, 3.05) is 0 Å². The minimum Gasteiger partial charge on any atom is -0.391 e. The summed E-state index contributed by atoms with van der Waals surface area (Å²) in [5.41, 5.74) is 10.2. The number of nitrogens with two attached hydrogens (primary N) is 1. The number of hydrogen-bond acceptors (Lipinski definition) is 4. The molecule has 0 radical (unpaired) electrons. The lowest BCUT2D eigenvalue weighted by atomic mass is 9.53. The third-order valence-electron chi connectivity index (χ3n) is 11.0. The highest BCUT2D eigenvalue weighted by Crippen LogP contribution is 2.54. The summed E-state index contributed by atoms with van der Waals surface area (Å²) in [5, 5.41) is 24.8. The van der Waals surface area contributed by atoms with Gasteiger partial charge in [-0.25, -0.2) is 0 Å². The van der Waals surface area contributed by atoms with Crippen LogP contribution < -0.4 is 11.1 Å². The normalized spacial score (nSPS) is 36.1. The van der Waals surface area contributed by atoms with Crippen LogP contribution in [0, 0.1) is 0 Å². The molecule has 4 bridgehead atoms. The molecule has 6 saturated carbocycles. The van der Waals surface area contributed by atoms with Crippen molar-refractivity contribution in [3.63, 3.8) is 0 Å². The van der Waals surface area contributed by atoms with Crippen molar-refractivity contribution in [2.45, 2.75) is 105 Å². The standard InChI is InChI=1S/C21H24BrNO.C14H19NO/c22-18-8-6-17(7-9-18)20-10-12-21(13-11-20,19(24)14-20)23-15-16-4-2-1-3-5-16;15-14-8-6-13(7-9-14,10-12(14)16)11-4-2-1-3-5-11/h1-9,19,23-24H,10-15H2;1-5,12,16H,6-10,15H2. The summed E-state index contributed by atoms with van der Waals surface area (Å²) in [4.78, 5) is 0. The van der Waals surface area contributed by atoms with Crippen LogP contribution >= 0.6 is 15.9 Å². The zero-order chi connectivity index (χ0) is 27.8. The SMILES string of the molecule is NC12CCC(c3ccccc3)(CC1)CC2O.OC1CC2(c3ccc(Br)cc3)CCC1(NCc1ccccc1)CC2. The fraction of sp³-hybridized carbons (Fsp3) is 0.486. The zero-order valence-corrected chi connectivity index (χ0v) is 25.0. The Hall–Kier alpha value is -2.02. The van der Waals surface area contributed by atoms with Crippen LogP contribution in [0.4, 0.5) is 0 Å². The average molecular weight is 604 g/mol. The second kappa shape index (κ2) is 11.0. The molecule has 2 atom stereocenters. The van der Waals surface area contributed by atoms with Crippen molar-refractivity contribution < 1.29 is 10.2 Å². The van der Waals surface area contributed by atoms with E-state index in [0.717, 1.165) is 75.2 Å². The van der Waals surface area contributed by atoms with Crippen LogP contribution in [0.3, 0.4) is 0 Å². The molecule has 5 heteroatoms. The second-order valence-corrected chi connectivity index (χ2v) is 14.0. The van der Waals surface area contributed by atoms with Crippen molar-refractivity contribution in [1.29, 1.82) is 0 Å². The Kier molecular flexibility index (Phi) is 7.73. The summed E-state index contributed by atoms with van der Waals surface area (Å²) in [6, 6.07) is 29.8. The van der Waals surface area contributed by atoms with Crippen LogP contribution in [0.25, 0.3) is 0 Å². The second-order valence-electron chi connectivity index (χ2n) is 13.1. The molecule has 40 heavy (non-hydrogen) atoms. The van der Waals surface area contributed by atoms with Crippen LogP contribution in [0.5, 0.6) is 0 Å². The lowest BCUT2D eigenvalue weighted by Crippen LogP contribution is -2.64. The van der Waals surface area contributed by atoms with E-state index in [0.29, 0.717) is 0 Å². The summed E-state index contributed by atoms with van der Waals surface area (Å²) < 4.78 is 1.12. The maximum Gasteiger partial charge on any atom is 0.0730 e. The van der Waals surface area contributed by atoms with E-state index in [1.807, 2.05) is 6.07 Å². The molecule has 3 aromatic rings. The minimum absolute atomic E-state index is 0.104. The number of hydrogen-bond donors (Lipinski definition) is 4. The van der Waals surface area contributed by atoms with E-state index in [2.05, 4.69) is 100 Å². The molecule has 4 nitrogen and oxygen atoms in total. The summed E-state index contributed by atoms with van der Waals surface area (Å²) >= 11 is 3.52. The number of halogens is 1. The van der Waals surface area contributed by atoms with Gasteiger partial charge in [-0.3, -0.25) is 0 Å². The lowest BCUT2D eigenvalue weighted by Gasteiger charge is -2.57. The van der Waals surface area contributed by atoms with Crippen molar-refractivity contribution in [3.8, 4) is 0 Å². The minimum atomic E-state index is -0.324. The van der Waals surface area contributed by atoms with Crippen molar-refractivity contribution in [3.05, 3.63) is 106 Å². The molecule has 6 aliphatic carbocycles. The van der Waals surface area contributed by atoms with Crippen molar-refractivity contribution >= 4 is 15.9 Å². The molecule has 0 aromatic heterocycles. The summed E-state index contributed by atoms with van der Waals surface area (Å²) in [6.45, 7) is 0.836.